The van der Waals surface area contributed by atoms with E-state index in [1.54, 1.807) is 6.20 Å². The van der Waals surface area contributed by atoms with E-state index in [2.05, 4.69) is 19.9 Å². The van der Waals surface area contributed by atoms with Crippen LogP contribution in [0.1, 0.15) is 0 Å². The lowest BCUT2D eigenvalue weighted by molar-refractivity contribution is 0.428. The summed E-state index contributed by atoms with van der Waals surface area (Å²) in [5.41, 5.74) is 0. The molecule has 2 heterocycles. The Hall–Kier alpha value is -2.61. The highest BCUT2D eigenvalue weighted by molar-refractivity contribution is 6.28. The van der Waals surface area contributed by atoms with Crippen LogP contribution >= 0.6 is 11.6 Å². The van der Waals surface area contributed by atoms with E-state index in [0.29, 0.717) is 0 Å². The monoisotopic (exact) mass is 309 g/mol. The predicted molar refractivity (Wildman–Crippen MR) is 68.4 cm³/mol. The summed E-state index contributed by atoms with van der Waals surface area (Å²) in [5.74, 6) is -1.80. The summed E-state index contributed by atoms with van der Waals surface area (Å²) >= 11 is 5.78. The van der Waals surface area contributed by atoms with Crippen molar-refractivity contribution >= 4 is 11.6 Å². The van der Waals surface area contributed by atoms with Crippen molar-refractivity contribution < 1.29 is 13.5 Å². The SMILES string of the molecule is Fc1ccc(Oc2nc(Cl)nc(-n3ccnc3)n2)cc1F. The molecular weight excluding hydrogens is 304 g/mol. The first-order valence-electron chi connectivity index (χ1n) is 5.64. The van der Waals surface area contributed by atoms with E-state index in [1.165, 1.54) is 23.2 Å². The maximum Gasteiger partial charge on any atom is 0.328 e. The Balaban J connectivity index is 1.93. The van der Waals surface area contributed by atoms with Crippen LogP contribution in [0, 0.1) is 11.6 Å². The van der Waals surface area contributed by atoms with Crippen LogP contribution in [0.4, 0.5) is 8.78 Å². The maximum absolute atomic E-state index is 13.1. The molecule has 0 fully saturated rings. The van der Waals surface area contributed by atoms with E-state index in [4.69, 9.17) is 16.3 Å². The molecule has 9 heteroatoms. The van der Waals surface area contributed by atoms with Crippen LogP contribution in [-0.2, 0) is 0 Å². The molecule has 6 nitrogen and oxygen atoms in total. The highest BCUT2D eigenvalue weighted by atomic mass is 35.5. The number of imidazole rings is 1. The average molecular weight is 310 g/mol. The molecule has 21 heavy (non-hydrogen) atoms. The number of ether oxygens (including phenoxy) is 1. The maximum atomic E-state index is 13.1. The number of benzene rings is 1. The first kappa shape index (κ1) is 13.4. The van der Waals surface area contributed by atoms with E-state index in [0.717, 1.165) is 12.1 Å². The minimum absolute atomic E-state index is 0.0350. The molecule has 0 atom stereocenters. The zero-order chi connectivity index (χ0) is 14.8. The van der Waals surface area contributed by atoms with E-state index < -0.39 is 11.6 Å². The van der Waals surface area contributed by atoms with Crippen LogP contribution in [0.5, 0.6) is 11.8 Å². The number of aromatic nitrogens is 5. The fourth-order valence-corrected chi connectivity index (χ4v) is 1.65. The summed E-state index contributed by atoms with van der Waals surface area (Å²) in [6.45, 7) is 0. The molecule has 0 spiro atoms. The van der Waals surface area contributed by atoms with Crippen molar-refractivity contribution in [1.82, 2.24) is 24.5 Å². The zero-order valence-electron chi connectivity index (χ0n) is 10.2. The van der Waals surface area contributed by atoms with Crippen molar-refractivity contribution in [1.29, 1.82) is 0 Å². The highest BCUT2D eigenvalue weighted by Crippen LogP contribution is 2.21. The van der Waals surface area contributed by atoms with Crippen LogP contribution < -0.4 is 4.74 Å². The van der Waals surface area contributed by atoms with Gasteiger partial charge < -0.3 is 4.74 Å². The van der Waals surface area contributed by atoms with E-state index in [-0.39, 0.29) is 23.0 Å². The van der Waals surface area contributed by atoms with E-state index >= 15 is 0 Å². The predicted octanol–water partition coefficient (Wildman–Crippen LogP) is 2.78. The second kappa shape index (κ2) is 5.41. The average Bonchev–Trinajstić information content (AvgIpc) is 2.96. The molecule has 106 valence electrons. The molecule has 0 aliphatic heterocycles. The molecule has 2 aromatic heterocycles. The second-order valence-corrected chi connectivity index (χ2v) is 4.17. The standard InChI is InChI=1S/C12H6ClF2N5O/c13-10-17-11(20-4-3-16-6-20)19-12(18-10)21-7-1-2-8(14)9(15)5-7/h1-6H. The first-order chi connectivity index (χ1) is 10.1. The Bertz CT molecular complexity index is 781. The third-order valence-electron chi connectivity index (χ3n) is 2.41. The molecule has 0 aliphatic rings. The summed E-state index contributed by atoms with van der Waals surface area (Å²) < 4.78 is 32.7. The molecule has 0 N–H and O–H groups in total. The van der Waals surface area contributed by atoms with Crippen LogP contribution in [0.3, 0.4) is 0 Å². The van der Waals surface area contributed by atoms with Gasteiger partial charge in [0.25, 0.3) is 0 Å². The third-order valence-corrected chi connectivity index (χ3v) is 2.58. The molecule has 3 aromatic rings. The fourth-order valence-electron chi connectivity index (χ4n) is 1.51. The second-order valence-electron chi connectivity index (χ2n) is 3.83. The van der Waals surface area contributed by atoms with Crippen molar-refractivity contribution in [2.75, 3.05) is 0 Å². The lowest BCUT2D eigenvalue weighted by Gasteiger charge is -2.06. The molecule has 1 aromatic carbocycles. The van der Waals surface area contributed by atoms with Crippen LogP contribution in [0.2, 0.25) is 5.28 Å². The van der Waals surface area contributed by atoms with Gasteiger partial charge in [-0.15, -0.1) is 0 Å². The van der Waals surface area contributed by atoms with E-state index in [9.17, 15) is 8.78 Å². The Labute approximate surface area is 122 Å². The van der Waals surface area contributed by atoms with Crippen LogP contribution in [0.15, 0.2) is 36.9 Å². The van der Waals surface area contributed by atoms with Gasteiger partial charge in [-0.3, -0.25) is 4.57 Å². The molecule has 0 unspecified atom stereocenters. The number of hydrogen-bond acceptors (Lipinski definition) is 5. The van der Waals surface area contributed by atoms with Crippen LogP contribution in [-0.4, -0.2) is 24.5 Å². The molecule has 0 radical (unpaired) electrons. The minimum atomic E-state index is -1.04. The lowest BCUT2D eigenvalue weighted by atomic mass is 10.3. The number of hydrogen-bond donors (Lipinski definition) is 0. The normalized spacial score (nSPS) is 10.6. The fraction of sp³-hybridized carbons (Fsp3) is 0. The van der Waals surface area contributed by atoms with Gasteiger partial charge in [-0.1, -0.05) is 0 Å². The van der Waals surface area contributed by atoms with Gasteiger partial charge in [-0.25, -0.2) is 13.8 Å². The smallest absolute Gasteiger partial charge is 0.328 e. The van der Waals surface area contributed by atoms with Crippen molar-refractivity contribution in [2.45, 2.75) is 0 Å². The van der Waals surface area contributed by atoms with Gasteiger partial charge >= 0.3 is 6.01 Å². The van der Waals surface area contributed by atoms with Crippen LogP contribution in [0.25, 0.3) is 5.95 Å². The van der Waals surface area contributed by atoms with Crippen molar-refractivity contribution in [2.24, 2.45) is 0 Å². The van der Waals surface area contributed by atoms with Gasteiger partial charge in [0.2, 0.25) is 11.2 Å². The molecule has 3 rings (SSSR count). The highest BCUT2D eigenvalue weighted by Gasteiger charge is 2.10. The Morgan fingerprint density at radius 3 is 2.67 bits per heavy atom. The Morgan fingerprint density at radius 2 is 1.95 bits per heavy atom. The van der Waals surface area contributed by atoms with Gasteiger partial charge in [-0.2, -0.15) is 15.0 Å². The van der Waals surface area contributed by atoms with Gasteiger partial charge in [-0.05, 0) is 23.7 Å². The molecule has 0 amide bonds. The van der Waals surface area contributed by atoms with Crippen molar-refractivity contribution in [3.8, 4) is 17.7 Å². The molecule has 0 saturated heterocycles. The third kappa shape index (κ3) is 2.95. The first-order valence-corrected chi connectivity index (χ1v) is 6.02. The molecule has 0 saturated carbocycles. The Morgan fingerprint density at radius 1 is 1.10 bits per heavy atom. The lowest BCUT2D eigenvalue weighted by Crippen LogP contribution is -2.03. The number of halogens is 3. The number of rotatable bonds is 3. The summed E-state index contributed by atoms with van der Waals surface area (Å²) in [6.07, 6.45) is 4.60. The largest absolute Gasteiger partial charge is 0.424 e. The van der Waals surface area contributed by atoms with Gasteiger partial charge in [0.05, 0.1) is 0 Å². The van der Waals surface area contributed by atoms with Gasteiger partial charge in [0, 0.05) is 18.5 Å². The number of nitrogens with zero attached hydrogens (tertiary/aromatic N) is 5. The molecular formula is C12H6ClF2N5O. The molecule has 0 bridgehead atoms. The van der Waals surface area contributed by atoms with Gasteiger partial charge in [0.1, 0.15) is 12.1 Å². The summed E-state index contributed by atoms with van der Waals surface area (Å²) in [7, 11) is 0. The quantitative estimate of drug-likeness (QED) is 0.744. The summed E-state index contributed by atoms with van der Waals surface area (Å²) in [6, 6.07) is 2.91. The van der Waals surface area contributed by atoms with Crippen molar-refractivity contribution in [3.05, 3.63) is 53.8 Å². The molecule has 0 aliphatic carbocycles. The van der Waals surface area contributed by atoms with Crippen molar-refractivity contribution in [3.63, 3.8) is 0 Å². The zero-order valence-corrected chi connectivity index (χ0v) is 11.0. The summed E-state index contributed by atoms with van der Waals surface area (Å²) in [5, 5.41) is -0.105. The topological polar surface area (TPSA) is 65.7 Å². The Kier molecular flexibility index (Phi) is 3.44. The van der Waals surface area contributed by atoms with E-state index in [1.807, 2.05) is 0 Å². The minimum Gasteiger partial charge on any atom is -0.424 e. The summed E-state index contributed by atoms with van der Waals surface area (Å²) in [4.78, 5) is 15.5. The van der Waals surface area contributed by atoms with Gasteiger partial charge in [0.15, 0.2) is 11.6 Å².